The number of amides is 1. The molecular weight excluding hydrogens is 284 g/mol. The quantitative estimate of drug-likeness (QED) is 0.820. The van der Waals surface area contributed by atoms with Crippen LogP contribution in [0.4, 0.5) is 8.78 Å². The van der Waals surface area contributed by atoms with Crippen LogP contribution in [0.25, 0.3) is 0 Å². The minimum Gasteiger partial charge on any atom is -0.389 e. The second-order valence-corrected chi connectivity index (χ2v) is 6.04. The highest BCUT2D eigenvalue weighted by atomic mass is 32.2. The van der Waals surface area contributed by atoms with Crippen LogP contribution in [0.5, 0.6) is 0 Å². The molecule has 0 fully saturated rings. The van der Waals surface area contributed by atoms with Crippen molar-refractivity contribution in [2.75, 3.05) is 13.1 Å². The second kappa shape index (κ2) is 7.04. The Kier molecular flexibility index (Phi) is 5.95. The predicted octanol–water partition coefficient (Wildman–Crippen LogP) is 3.23. The summed E-state index contributed by atoms with van der Waals surface area (Å²) in [5.41, 5.74) is -0.792. The van der Waals surface area contributed by atoms with Crippen molar-refractivity contribution < 1.29 is 18.7 Å². The summed E-state index contributed by atoms with van der Waals surface area (Å²) in [4.78, 5) is 14.1. The lowest BCUT2D eigenvalue weighted by Gasteiger charge is -2.28. The summed E-state index contributed by atoms with van der Waals surface area (Å²) in [5, 5.41) is 9.81. The van der Waals surface area contributed by atoms with Crippen LogP contribution >= 0.6 is 11.8 Å². The van der Waals surface area contributed by atoms with Gasteiger partial charge in [0.2, 0.25) is 0 Å². The number of aliphatic hydroxyl groups is 1. The number of halogens is 2. The van der Waals surface area contributed by atoms with Crippen molar-refractivity contribution in [3.05, 3.63) is 29.8 Å². The minimum atomic E-state index is -2.58. The van der Waals surface area contributed by atoms with Gasteiger partial charge < -0.3 is 10.0 Å². The lowest BCUT2D eigenvalue weighted by molar-refractivity contribution is 0.0313. The number of alkyl halides is 2. The van der Waals surface area contributed by atoms with Gasteiger partial charge in [0, 0.05) is 18.0 Å². The topological polar surface area (TPSA) is 40.5 Å². The molecular formula is C14H19F2NO2S. The summed E-state index contributed by atoms with van der Waals surface area (Å²) in [7, 11) is 0. The molecule has 1 rings (SSSR count). The third kappa shape index (κ3) is 5.09. The van der Waals surface area contributed by atoms with E-state index in [9.17, 15) is 18.7 Å². The summed E-state index contributed by atoms with van der Waals surface area (Å²) in [6.45, 7) is 5.53. The maximum atomic E-state index is 12.5. The number of nitrogens with zero attached hydrogens (tertiary/aromatic N) is 1. The zero-order valence-electron chi connectivity index (χ0n) is 11.8. The zero-order chi connectivity index (χ0) is 15.3. The molecule has 0 unspecified atom stereocenters. The number of hydrogen-bond acceptors (Lipinski definition) is 3. The Balaban J connectivity index is 3.00. The van der Waals surface area contributed by atoms with Crippen molar-refractivity contribution in [3.63, 3.8) is 0 Å². The van der Waals surface area contributed by atoms with E-state index in [0.717, 1.165) is 0 Å². The molecule has 0 saturated carbocycles. The number of carbonyl (C=O) groups is 1. The maximum Gasteiger partial charge on any atom is 0.288 e. The van der Waals surface area contributed by atoms with Gasteiger partial charge in [0.25, 0.3) is 11.7 Å². The molecule has 1 aromatic carbocycles. The number of likely N-dealkylation sites (N-methyl/N-ethyl adjacent to an activating group) is 1. The van der Waals surface area contributed by atoms with E-state index in [0.29, 0.717) is 18.3 Å². The zero-order valence-corrected chi connectivity index (χ0v) is 12.6. The molecule has 0 aliphatic carbocycles. The molecule has 20 heavy (non-hydrogen) atoms. The summed E-state index contributed by atoms with van der Waals surface area (Å²) >= 11 is 0.356. The predicted molar refractivity (Wildman–Crippen MR) is 76.2 cm³/mol. The molecule has 0 bridgehead atoms. The molecule has 1 aromatic rings. The van der Waals surface area contributed by atoms with Crippen molar-refractivity contribution in [1.29, 1.82) is 0 Å². The van der Waals surface area contributed by atoms with Crippen molar-refractivity contribution in [1.82, 2.24) is 4.90 Å². The average Bonchev–Trinajstić information content (AvgIpc) is 2.34. The first-order valence-electron chi connectivity index (χ1n) is 6.30. The Morgan fingerprint density at radius 1 is 1.40 bits per heavy atom. The highest BCUT2D eigenvalue weighted by Crippen LogP contribution is 2.29. The van der Waals surface area contributed by atoms with Crippen LogP contribution in [-0.4, -0.2) is 40.4 Å². The van der Waals surface area contributed by atoms with Gasteiger partial charge in [0.05, 0.1) is 11.2 Å². The molecule has 1 N–H and O–H groups in total. The van der Waals surface area contributed by atoms with Gasteiger partial charge in [-0.1, -0.05) is 23.9 Å². The molecule has 0 aromatic heterocycles. The molecule has 0 radical (unpaired) electrons. The molecule has 0 atom stereocenters. The Hall–Kier alpha value is -1.14. The van der Waals surface area contributed by atoms with Gasteiger partial charge in [0.15, 0.2) is 0 Å². The highest BCUT2D eigenvalue weighted by molar-refractivity contribution is 7.99. The number of hydrogen-bond donors (Lipinski definition) is 1. The van der Waals surface area contributed by atoms with E-state index in [1.165, 1.54) is 17.0 Å². The van der Waals surface area contributed by atoms with Crippen LogP contribution < -0.4 is 0 Å². The summed E-state index contributed by atoms with van der Waals surface area (Å²) in [6, 6.07) is 6.29. The Morgan fingerprint density at radius 2 is 2.00 bits per heavy atom. The lowest BCUT2D eigenvalue weighted by atomic mass is 10.1. The van der Waals surface area contributed by atoms with Gasteiger partial charge in [-0.25, -0.2) is 0 Å². The maximum absolute atomic E-state index is 12.5. The number of benzene rings is 1. The van der Waals surface area contributed by atoms with Gasteiger partial charge in [-0.3, -0.25) is 4.79 Å². The number of thioether (sulfide) groups is 1. The third-order valence-corrected chi connectivity index (χ3v) is 3.37. The summed E-state index contributed by atoms with van der Waals surface area (Å²) in [6.07, 6.45) is 0. The van der Waals surface area contributed by atoms with E-state index in [-0.39, 0.29) is 22.9 Å². The molecule has 0 spiro atoms. The first-order chi connectivity index (χ1) is 9.24. The smallest absolute Gasteiger partial charge is 0.288 e. The molecule has 0 saturated heterocycles. The fraction of sp³-hybridized carbons (Fsp3) is 0.500. The largest absolute Gasteiger partial charge is 0.389 e. The molecule has 1 amide bonds. The van der Waals surface area contributed by atoms with E-state index >= 15 is 0 Å². The number of carbonyl (C=O) groups excluding carboxylic acids is 1. The first kappa shape index (κ1) is 16.9. The van der Waals surface area contributed by atoms with Crippen LogP contribution in [0.1, 0.15) is 31.1 Å². The lowest BCUT2D eigenvalue weighted by Crippen LogP contribution is -2.42. The Labute approximate surface area is 122 Å². The fourth-order valence-corrected chi connectivity index (χ4v) is 2.44. The SMILES string of the molecule is CCN(CC(C)(C)O)C(=O)c1ccccc1SC(F)F. The van der Waals surface area contributed by atoms with Crippen LogP contribution in [-0.2, 0) is 0 Å². The molecule has 0 aliphatic rings. The summed E-state index contributed by atoms with van der Waals surface area (Å²) < 4.78 is 25.0. The summed E-state index contributed by atoms with van der Waals surface area (Å²) in [5.74, 6) is -2.92. The van der Waals surface area contributed by atoms with Crippen molar-refractivity contribution in [2.45, 2.75) is 37.0 Å². The van der Waals surface area contributed by atoms with E-state index < -0.39 is 11.4 Å². The van der Waals surface area contributed by atoms with Crippen LogP contribution in [0.2, 0.25) is 0 Å². The average molecular weight is 303 g/mol. The van der Waals surface area contributed by atoms with Gasteiger partial charge >= 0.3 is 0 Å². The van der Waals surface area contributed by atoms with Gasteiger partial charge in [-0.15, -0.1) is 0 Å². The van der Waals surface area contributed by atoms with Crippen molar-refractivity contribution >= 4 is 17.7 Å². The van der Waals surface area contributed by atoms with Crippen LogP contribution in [0.3, 0.4) is 0 Å². The van der Waals surface area contributed by atoms with Gasteiger partial charge in [-0.2, -0.15) is 8.78 Å². The minimum absolute atomic E-state index is 0.149. The van der Waals surface area contributed by atoms with Gasteiger partial charge in [-0.05, 0) is 32.9 Å². The fourth-order valence-electron chi connectivity index (χ4n) is 1.81. The monoisotopic (exact) mass is 303 g/mol. The Morgan fingerprint density at radius 3 is 2.50 bits per heavy atom. The molecule has 6 heteroatoms. The Bertz CT molecular complexity index is 461. The molecule has 0 aliphatic heterocycles. The van der Waals surface area contributed by atoms with E-state index in [4.69, 9.17) is 0 Å². The highest BCUT2D eigenvalue weighted by Gasteiger charge is 2.24. The first-order valence-corrected chi connectivity index (χ1v) is 7.18. The van der Waals surface area contributed by atoms with Crippen molar-refractivity contribution in [2.24, 2.45) is 0 Å². The molecule has 3 nitrogen and oxygen atoms in total. The van der Waals surface area contributed by atoms with Crippen LogP contribution in [0.15, 0.2) is 29.2 Å². The van der Waals surface area contributed by atoms with Gasteiger partial charge in [0.1, 0.15) is 0 Å². The number of rotatable bonds is 6. The van der Waals surface area contributed by atoms with E-state index in [1.54, 1.807) is 32.9 Å². The molecule has 0 heterocycles. The standard InChI is InChI=1S/C14H19F2NO2S/c1-4-17(9-14(2,3)19)12(18)10-7-5-6-8-11(10)20-13(15)16/h5-8,13,19H,4,9H2,1-3H3. The third-order valence-electron chi connectivity index (χ3n) is 2.58. The van der Waals surface area contributed by atoms with Crippen LogP contribution in [0, 0.1) is 0 Å². The molecule has 112 valence electrons. The van der Waals surface area contributed by atoms with E-state index in [1.807, 2.05) is 0 Å². The normalized spacial score (nSPS) is 11.8. The second-order valence-electron chi connectivity index (χ2n) is 5.01. The van der Waals surface area contributed by atoms with Crippen molar-refractivity contribution in [3.8, 4) is 0 Å². The van der Waals surface area contributed by atoms with E-state index in [2.05, 4.69) is 0 Å².